The molecule has 0 amide bonds. The third-order valence-electron chi connectivity index (χ3n) is 1.84. The van der Waals surface area contributed by atoms with Gasteiger partial charge >= 0.3 is 0 Å². The van der Waals surface area contributed by atoms with Crippen molar-refractivity contribution in [3.63, 3.8) is 0 Å². The lowest BCUT2D eigenvalue weighted by atomic mass is 10.3. The van der Waals surface area contributed by atoms with Crippen molar-refractivity contribution in [2.75, 3.05) is 0 Å². The highest BCUT2D eigenvalue weighted by Crippen LogP contribution is 2.17. The molecule has 1 radical (unpaired) electrons. The molecule has 0 saturated heterocycles. The van der Waals surface area contributed by atoms with E-state index in [1.165, 1.54) is 0 Å². The Morgan fingerprint density at radius 1 is 1.58 bits per heavy atom. The molecule has 12 heavy (non-hydrogen) atoms. The zero-order chi connectivity index (χ0) is 8.55. The Labute approximate surface area is 79.3 Å². The first-order valence-corrected chi connectivity index (χ1v) is 4.64. The van der Waals surface area contributed by atoms with Crippen LogP contribution < -0.4 is 0 Å². The number of nitrogens with zero attached hydrogens (tertiary/aromatic N) is 2. The number of aryl methyl sites for hydroxylation is 1. The molecule has 2 rings (SSSR count). The molecule has 0 saturated carbocycles. The SMILES string of the molecule is CCn1[c]nc2cc(Br)ccc21. The molecule has 0 bridgehead atoms. The molecule has 0 fully saturated rings. The number of halogens is 1. The van der Waals surface area contributed by atoms with E-state index in [1.54, 1.807) is 0 Å². The first kappa shape index (κ1) is 7.80. The van der Waals surface area contributed by atoms with E-state index in [0.29, 0.717) is 0 Å². The van der Waals surface area contributed by atoms with E-state index in [4.69, 9.17) is 0 Å². The van der Waals surface area contributed by atoms with Crippen LogP contribution in [0.2, 0.25) is 0 Å². The summed E-state index contributed by atoms with van der Waals surface area (Å²) in [5.41, 5.74) is 2.13. The zero-order valence-corrected chi connectivity index (χ0v) is 8.30. The Balaban J connectivity index is 2.73. The highest BCUT2D eigenvalue weighted by molar-refractivity contribution is 9.10. The second-order valence-corrected chi connectivity index (χ2v) is 3.50. The molecule has 61 valence electrons. The third kappa shape index (κ3) is 1.14. The minimum atomic E-state index is 0.915. The van der Waals surface area contributed by atoms with Crippen molar-refractivity contribution in [3.05, 3.63) is 29.0 Å². The average Bonchev–Trinajstić information content (AvgIpc) is 2.46. The van der Waals surface area contributed by atoms with Gasteiger partial charge in [-0.05, 0) is 25.1 Å². The number of hydrogen-bond donors (Lipinski definition) is 0. The normalized spacial score (nSPS) is 10.8. The molecule has 0 aliphatic rings. The van der Waals surface area contributed by atoms with Crippen LogP contribution in [0.1, 0.15) is 6.92 Å². The Hall–Kier alpha value is -0.830. The topological polar surface area (TPSA) is 17.8 Å². The largest absolute Gasteiger partial charge is 0.322 e. The molecular formula is C9H8BrN2. The van der Waals surface area contributed by atoms with Gasteiger partial charge in [-0.3, -0.25) is 0 Å². The standard InChI is InChI=1S/C9H8BrN2/c1-2-12-6-11-8-5-7(10)3-4-9(8)12/h3-5H,2H2,1H3. The van der Waals surface area contributed by atoms with Crippen LogP contribution >= 0.6 is 15.9 Å². The summed E-state index contributed by atoms with van der Waals surface area (Å²) in [5, 5.41) is 0. The minimum Gasteiger partial charge on any atom is -0.322 e. The highest BCUT2D eigenvalue weighted by Gasteiger charge is 2.00. The predicted octanol–water partition coefficient (Wildman–Crippen LogP) is 2.62. The van der Waals surface area contributed by atoms with Gasteiger partial charge in [0.1, 0.15) is 0 Å². The number of benzene rings is 1. The summed E-state index contributed by atoms with van der Waals surface area (Å²) in [5.74, 6) is 0. The fourth-order valence-corrected chi connectivity index (χ4v) is 1.57. The highest BCUT2D eigenvalue weighted by atomic mass is 79.9. The molecule has 3 heteroatoms. The fraction of sp³-hybridized carbons (Fsp3) is 0.222. The lowest BCUT2D eigenvalue weighted by Crippen LogP contribution is -1.90. The molecule has 1 aromatic heterocycles. The van der Waals surface area contributed by atoms with E-state index in [9.17, 15) is 0 Å². The second-order valence-electron chi connectivity index (χ2n) is 2.59. The Morgan fingerprint density at radius 3 is 3.17 bits per heavy atom. The van der Waals surface area contributed by atoms with E-state index in [-0.39, 0.29) is 0 Å². The maximum absolute atomic E-state index is 4.16. The van der Waals surface area contributed by atoms with Crippen LogP contribution in [0.4, 0.5) is 0 Å². The number of hydrogen-bond acceptors (Lipinski definition) is 1. The Bertz CT molecular complexity index is 406. The van der Waals surface area contributed by atoms with Crippen molar-refractivity contribution >= 4 is 27.0 Å². The number of rotatable bonds is 1. The lowest BCUT2D eigenvalue weighted by Gasteiger charge is -1.96. The molecule has 0 unspecified atom stereocenters. The van der Waals surface area contributed by atoms with Crippen molar-refractivity contribution < 1.29 is 0 Å². The summed E-state index contributed by atoms with van der Waals surface area (Å²) < 4.78 is 3.06. The van der Waals surface area contributed by atoms with Gasteiger partial charge in [0.05, 0.1) is 11.0 Å². The van der Waals surface area contributed by atoms with Crippen LogP contribution in [0.5, 0.6) is 0 Å². The van der Waals surface area contributed by atoms with E-state index < -0.39 is 0 Å². The maximum Gasteiger partial charge on any atom is 0.177 e. The third-order valence-corrected chi connectivity index (χ3v) is 2.33. The first-order chi connectivity index (χ1) is 5.81. The fourth-order valence-electron chi connectivity index (χ4n) is 1.22. The number of aromatic nitrogens is 2. The zero-order valence-electron chi connectivity index (χ0n) is 6.71. The first-order valence-electron chi connectivity index (χ1n) is 3.84. The van der Waals surface area contributed by atoms with Crippen molar-refractivity contribution in [1.82, 2.24) is 9.55 Å². The molecule has 1 aromatic carbocycles. The molecule has 0 N–H and O–H groups in total. The molecule has 0 aliphatic heterocycles. The van der Waals surface area contributed by atoms with Crippen LogP contribution in [0.25, 0.3) is 11.0 Å². The lowest BCUT2D eigenvalue weighted by molar-refractivity contribution is 0.780. The summed E-state index contributed by atoms with van der Waals surface area (Å²) in [6.07, 6.45) is 2.94. The summed E-state index contributed by atoms with van der Waals surface area (Å²) in [7, 11) is 0. The van der Waals surface area contributed by atoms with E-state index in [2.05, 4.69) is 34.2 Å². The van der Waals surface area contributed by atoms with Gasteiger partial charge in [-0.2, -0.15) is 0 Å². The van der Waals surface area contributed by atoms with Crippen molar-refractivity contribution in [2.45, 2.75) is 13.5 Å². The van der Waals surface area contributed by atoms with Crippen molar-refractivity contribution in [2.24, 2.45) is 0 Å². The van der Waals surface area contributed by atoms with Gasteiger partial charge in [0.2, 0.25) is 0 Å². The van der Waals surface area contributed by atoms with Crippen LogP contribution in [0.3, 0.4) is 0 Å². The van der Waals surface area contributed by atoms with Crippen LogP contribution in [-0.2, 0) is 6.54 Å². The molecular weight excluding hydrogens is 216 g/mol. The summed E-state index contributed by atoms with van der Waals surface area (Å²) in [6.45, 7) is 3.00. The monoisotopic (exact) mass is 223 g/mol. The van der Waals surface area contributed by atoms with Gasteiger partial charge in [-0.1, -0.05) is 15.9 Å². The van der Waals surface area contributed by atoms with Gasteiger partial charge in [0.25, 0.3) is 0 Å². The molecule has 1 heterocycles. The summed E-state index contributed by atoms with van der Waals surface area (Å²) >= 11 is 3.40. The van der Waals surface area contributed by atoms with Crippen molar-refractivity contribution in [1.29, 1.82) is 0 Å². The van der Waals surface area contributed by atoms with Gasteiger partial charge in [0, 0.05) is 11.0 Å². The quantitative estimate of drug-likeness (QED) is 0.727. The second kappa shape index (κ2) is 2.90. The van der Waals surface area contributed by atoms with Crippen LogP contribution in [-0.4, -0.2) is 9.55 Å². The molecule has 2 aromatic rings. The van der Waals surface area contributed by atoms with Gasteiger partial charge in [0.15, 0.2) is 6.33 Å². The number of fused-ring (bicyclic) bond motifs is 1. The number of imidazole rings is 1. The van der Waals surface area contributed by atoms with Gasteiger partial charge < -0.3 is 4.57 Å². The smallest absolute Gasteiger partial charge is 0.177 e. The predicted molar refractivity (Wildman–Crippen MR) is 51.9 cm³/mol. The Morgan fingerprint density at radius 2 is 2.42 bits per heavy atom. The van der Waals surface area contributed by atoms with Crippen LogP contribution in [0, 0.1) is 6.33 Å². The molecule has 0 atom stereocenters. The van der Waals surface area contributed by atoms with E-state index in [0.717, 1.165) is 22.1 Å². The maximum atomic E-state index is 4.16. The van der Waals surface area contributed by atoms with Crippen molar-refractivity contribution in [3.8, 4) is 0 Å². The Kier molecular flexibility index (Phi) is 1.89. The summed E-state index contributed by atoms with van der Waals surface area (Å²) in [4.78, 5) is 4.16. The van der Waals surface area contributed by atoms with Gasteiger partial charge in [-0.15, -0.1) is 0 Å². The minimum absolute atomic E-state index is 0.915. The van der Waals surface area contributed by atoms with E-state index >= 15 is 0 Å². The summed E-state index contributed by atoms with van der Waals surface area (Å²) in [6, 6.07) is 6.06. The molecule has 0 spiro atoms. The molecule has 2 nitrogen and oxygen atoms in total. The van der Waals surface area contributed by atoms with Gasteiger partial charge in [-0.25, -0.2) is 4.98 Å². The van der Waals surface area contributed by atoms with Crippen LogP contribution in [0.15, 0.2) is 22.7 Å². The van der Waals surface area contributed by atoms with E-state index in [1.807, 2.05) is 22.8 Å². The average molecular weight is 224 g/mol. The molecule has 0 aliphatic carbocycles.